The van der Waals surface area contributed by atoms with Gasteiger partial charge in [0.15, 0.2) is 0 Å². The van der Waals surface area contributed by atoms with E-state index in [-0.39, 0.29) is 4.92 Å². The normalized spacial score (nSPS) is 21.2. The number of nitro groups is 1. The molecule has 0 amide bonds. The third kappa shape index (κ3) is 1.88. The lowest BCUT2D eigenvalue weighted by Crippen LogP contribution is -2.45. The molecule has 74 valence electrons. The van der Waals surface area contributed by atoms with Crippen molar-refractivity contribution in [1.29, 1.82) is 0 Å². The molecule has 1 heterocycles. The maximum Gasteiger partial charge on any atom is 0.383 e. The van der Waals surface area contributed by atoms with Crippen molar-refractivity contribution < 1.29 is 4.92 Å². The third-order valence-electron chi connectivity index (χ3n) is 1.92. The zero-order valence-electron chi connectivity index (χ0n) is 7.88. The zero-order valence-corrected chi connectivity index (χ0v) is 7.88. The van der Waals surface area contributed by atoms with Crippen LogP contribution in [-0.2, 0) is 0 Å². The number of nitrogens with zero attached hydrogens (tertiary/aromatic N) is 4. The molecule has 0 radical (unpaired) electrons. The molecule has 6 nitrogen and oxygen atoms in total. The molecule has 0 bridgehead atoms. The molecule has 0 aliphatic carbocycles. The summed E-state index contributed by atoms with van der Waals surface area (Å²) in [6.45, 7) is 5.08. The van der Waals surface area contributed by atoms with Gasteiger partial charge in [-0.15, -0.1) is 0 Å². The Bertz CT molecular complexity index is 219. The van der Waals surface area contributed by atoms with Gasteiger partial charge in [0.2, 0.25) is 0 Å². The standard InChI is InChI=1S/C7H14N4O2/c1-3-5-10-7(11(12)13)9(4-2)6-8-10/h6-7H,3-5H2,1-2H3. The zero-order chi connectivity index (χ0) is 9.84. The summed E-state index contributed by atoms with van der Waals surface area (Å²) in [5, 5.41) is 16.2. The van der Waals surface area contributed by atoms with Gasteiger partial charge in [0.05, 0.1) is 4.92 Å². The minimum Gasteiger partial charge on any atom is -0.279 e. The molecule has 0 fully saturated rings. The van der Waals surface area contributed by atoms with Gasteiger partial charge in [-0.2, -0.15) is 5.10 Å². The molecule has 1 atom stereocenters. The van der Waals surface area contributed by atoms with E-state index in [0.717, 1.165) is 6.42 Å². The molecule has 13 heavy (non-hydrogen) atoms. The van der Waals surface area contributed by atoms with Crippen molar-refractivity contribution >= 4 is 6.34 Å². The number of rotatable bonds is 4. The van der Waals surface area contributed by atoms with Gasteiger partial charge in [-0.05, 0) is 13.3 Å². The van der Waals surface area contributed by atoms with E-state index in [2.05, 4.69) is 5.10 Å². The average Bonchev–Trinajstić information content (AvgIpc) is 2.48. The Balaban J connectivity index is 2.66. The minimum atomic E-state index is -0.801. The van der Waals surface area contributed by atoms with Crippen molar-refractivity contribution in [1.82, 2.24) is 9.91 Å². The van der Waals surface area contributed by atoms with Crippen LogP contribution in [0.1, 0.15) is 20.3 Å². The average molecular weight is 186 g/mol. The van der Waals surface area contributed by atoms with E-state index in [4.69, 9.17) is 0 Å². The summed E-state index contributed by atoms with van der Waals surface area (Å²) in [6.07, 6.45) is 1.59. The Kier molecular flexibility index (Phi) is 3.05. The molecule has 0 N–H and O–H groups in total. The smallest absolute Gasteiger partial charge is 0.279 e. The van der Waals surface area contributed by atoms with Gasteiger partial charge in [0.25, 0.3) is 0 Å². The molecule has 0 saturated heterocycles. The highest BCUT2D eigenvalue weighted by atomic mass is 16.6. The molecule has 0 saturated carbocycles. The highest BCUT2D eigenvalue weighted by Gasteiger charge is 2.36. The van der Waals surface area contributed by atoms with Crippen LogP contribution in [0, 0.1) is 10.1 Å². The van der Waals surface area contributed by atoms with E-state index in [1.54, 1.807) is 4.90 Å². The summed E-state index contributed by atoms with van der Waals surface area (Å²) in [5.41, 5.74) is 0. The Hall–Kier alpha value is -1.33. The van der Waals surface area contributed by atoms with Crippen LogP contribution in [0.25, 0.3) is 0 Å². The van der Waals surface area contributed by atoms with Crippen LogP contribution in [0.5, 0.6) is 0 Å². The van der Waals surface area contributed by atoms with Crippen molar-refractivity contribution in [3.05, 3.63) is 10.1 Å². The maximum absolute atomic E-state index is 10.7. The number of hydrogen-bond donors (Lipinski definition) is 0. The van der Waals surface area contributed by atoms with Gasteiger partial charge < -0.3 is 0 Å². The van der Waals surface area contributed by atoms with Gasteiger partial charge in [0, 0.05) is 13.1 Å². The van der Waals surface area contributed by atoms with Crippen LogP contribution in [0.3, 0.4) is 0 Å². The molecule has 1 aliphatic rings. The lowest BCUT2D eigenvalue weighted by molar-refractivity contribution is -0.570. The molecule has 0 aromatic carbocycles. The van der Waals surface area contributed by atoms with E-state index in [1.165, 1.54) is 11.3 Å². The van der Waals surface area contributed by atoms with E-state index < -0.39 is 6.29 Å². The van der Waals surface area contributed by atoms with Crippen molar-refractivity contribution in [3.8, 4) is 0 Å². The Morgan fingerprint density at radius 3 is 2.77 bits per heavy atom. The molecule has 0 aromatic rings. The van der Waals surface area contributed by atoms with Crippen molar-refractivity contribution in [2.45, 2.75) is 26.6 Å². The van der Waals surface area contributed by atoms with Crippen LogP contribution in [0.4, 0.5) is 0 Å². The molecular formula is C7H14N4O2. The predicted molar refractivity (Wildman–Crippen MR) is 48.7 cm³/mol. The fraction of sp³-hybridized carbons (Fsp3) is 0.857. The van der Waals surface area contributed by atoms with Gasteiger partial charge >= 0.3 is 6.29 Å². The molecular weight excluding hydrogens is 172 g/mol. The topological polar surface area (TPSA) is 62.0 Å². The molecule has 1 aliphatic heterocycles. The summed E-state index contributed by atoms with van der Waals surface area (Å²) in [4.78, 5) is 12.0. The summed E-state index contributed by atoms with van der Waals surface area (Å²) in [6, 6.07) is 0. The van der Waals surface area contributed by atoms with Crippen molar-refractivity contribution in [3.63, 3.8) is 0 Å². The second-order valence-electron chi connectivity index (χ2n) is 2.86. The fourth-order valence-electron chi connectivity index (χ4n) is 1.30. The second kappa shape index (κ2) is 4.06. The van der Waals surface area contributed by atoms with E-state index in [1.807, 2.05) is 13.8 Å². The molecule has 1 rings (SSSR count). The highest BCUT2D eigenvalue weighted by molar-refractivity contribution is 5.56. The lowest BCUT2D eigenvalue weighted by Gasteiger charge is -2.21. The SMILES string of the molecule is CCCN1N=CN(CC)C1[N+](=O)[O-]. The van der Waals surface area contributed by atoms with Gasteiger partial charge in [0.1, 0.15) is 6.34 Å². The van der Waals surface area contributed by atoms with E-state index in [9.17, 15) is 10.1 Å². The first kappa shape index (κ1) is 9.76. The molecule has 1 unspecified atom stereocenters. The van der Waals surface area contributed by atoms with Crippen LogP contribution < -0.4 is 0 Å². The summed E-state index contributed by atoms with van der Waals surface area (Å²) in [7, 11) is 0. The maximum atomic E-state index is 10.7. The Morgan fingerprint density at radius 2 is 2.31 bits per heavy atom. The predicted octanol–water partition coefficient (Wildman–Crippen LogP) is 0.538. The van der Waals surface area contributed by atoms with E-state index >= 15 is 0 Å². The minimum absolute atomic E-state index is 0.313. The van der Waals surface area contributed by atoms with Crippen molar-refractivity contribution in [2.75, 3.05) is 13.1 Å². The Labute approximate surface area is 77.0 Å². The lowest BCUT2D eigenvalue weighted by atomic mass is 10.4. The summed E-state index contributed by atoms with van der Waals surface area (Å²) >= 11 is 0. The second-order valence-corrected chi connectivity index (χ2v) is 2.86. The van der Waals surface area contributed by atoms with Crippen LogP contribution in [0.15, 0.2) is 5.10 Å². The summed E-state index contributed by atoms with van der Waals surface area (Å²) < 4.78 is 0. The van der Waals surface area contributed by atoms with Gasteiger partial charge in [-0.3, -0.25) is 15.0 Å². The van der Waals surface area contributed by atoms with Crippen LogP contribution in [0.2, 0.25) is 0 Å². The van der Waals surface area contributed by atoms with Crippen LogP contribution in [-0.4, -0.2) is 40.5 Å². The molecule has 0 aromatic heterocycles. The van der Waals surface area contributed by atoms with E-state index in [0.29, 0.717) is 13.1 Å². The third-order valence-corrected chi connectivity index (χ3v) is 1.92. The first-order chi connectivity index (χ1) is 6.20. The summed E-state index contributed by atoms with van der Waals surface area (Å²) in [5.74, 6) is 0. The largest absolute Gasteiger partial charge is 0.383 e. The molecule has 6 heteroatoms. The quantitative estimate of drug-likeness (QED) is 0.475. The number of hydrazone groups is 1. The van der Waals surface area contributed by atoms with Crippen molar-refractivity contribution in [2.24, 2.45) is 5.10 Å². The fourth-order valence-corrected chi connectivity index (χ4v) is 1.30. The Morgan fingerprint density at radius 1 is 1.62 bits per heavy atom. The van der Waals surface area contributed by atoms with Crippen LogP contribution >= 0.6 is 0 Å². The van der Waals surface area contributed by atoms with Gasteiger partial charge in [-0.1, -0.05) is 6.92 Å². The molecule has 0 spiro atoms. The van der Waals surface area contributed by atoms with Gasteiger partial charge in [-0.25, -0.2) is 5.01 Å². The first-order valence-corrected chi connectivity index (χ1v) is 4.40. The highest BCUT2D eigenvalue weighted by Crippen LogP contribution is 2.12. The monoisotopic (exact) mass is 186 g/mol. The first-order valence-electron chi connectivity index (χ1n) is 4.40. The number of hydrogen-bond acceptors (Lipinski definition) is 5.